The molecule has 0 saturated carbocycles. The Hall–Kier alpha value is -0.160. The molecule has 0 saturated heterocycles. The van der Waals surface area contributed by atoms with Crippen molar-refractivity contribution in [3.05, 3.63) is 5.51 Å². The fraction of sp³-hybridized carbons (Fsp3) is 0.667. The lowest BCUT2D eigenvalue weighted by atomic mass is 10.4. The molecule has 5 heteroatoms. The van der Waals surface area contributed by atoms with Gasteiger partial charge in [-0.3, -0.25) is 0 Å². The van der Waals surface area contributed by atoms with Crippen LogP contribution in [0.2, 0.25) is 0 Å². The van der Waals surface area contributed by atoms with Gasteiger partial charge < -0.3 is 4.90 Å². The maximum atomic E-state index is 3.94. The zero-order valence-corrected chi connectivity index (χ0v) is 8.89. The van der Waals surface area contributed by atoms with Crippen LogP contribution in [0, 0.1) is 0 Å². The quantitative estimate of drug-likeness (QED) is 0.749. The van der Waals surface area contributed by atoms with Crippen LogP contribution in [0.15, 0.2) is 5.51 Å². The van der Waals surface area contributed by atoms with E-state index in [4.69, 9.17) is 0 Å². The average molecular weight is 236 g/mol. The van der Waals surface area contributed by atoms with Crippen molar-refractivity contribution in [3.63, 3.8) is 0 Å². The van der Waals surface area contributed by atoms with Crippen molar-refractivity contribution < 1.29 is 0 Å². The van der Waals surface area contributed by atoms with Crippen LogP contribution in [0.4, 0.5) is 5.13 Å². The average Bonchev–Trinajstić information content (AvgIpc) is 2.35. The molecule has 0 N–H and O–H groups in total. The van der Waals surface area contributed by atoms with Crippen LogP contribution < -0.4 is 4.90 Å². The highest BCUT2D eigenvalue weighted by atomic mass is 79.9. The van der Waals surface area contributed by atoms with Gasteiger partial charge in [-0.25, -0.2) is 0 Å². The molecule has 0 aliphatic heterocycles. The molecule has 1 aromatic rings. The highest BCUT2D eigenvalue weighted by Gasteiger charge is 2.05. The first kappa shape index (κ1) is 8.93. The van der Waals surface area contributed by atoms with Crippen LogP contribution in [0.3, 0.4) is 0 Å². The lowest BCUT2D eigenvalue weighted by molar-refractivity contribution is 0.860. The second-order valence-electron chi connectivity index (χ2n) is 2.38. The minimum absolute atomic E-state index is 0.483. The molecule has 1 atom stereocenters. The van der Waals surface area contributed by atoms with Gasteiger partial charge in [0.2, 0.25) is 5.13 Å². The maximum absolute atomic E-state index is 3.94. The molecular weight excluding hydrogens is 226 g/mol. The predicted octanol–water partition coefficient (Wildman–Crippen LogP) is 1.76. The van der Waals surface area contributed by atoms with E-state index in [2.05, 4.69) is 38.0 Å². The summed E-state index contributed by atoms with van der Waals surface area (Å²) in [4.78, 5) is 2.56. The molecule has 1 unspecified atom stereocenters. The first-order valence-corrected chi connectivity index (χ1v) is 5.11. The summed E-state index contributed by atoms with van der Waals surface area (Å²) < 4.78 is 0. The Balaban J connectivity index is 2.49. The smallest absolute Gasteiger partial charge is 0.207 e. The number of alkyl halides is 1. The van der Waals surface area contributed by atoms with Gasteiger partial charge in [-0.1, -0.05) is 34.2 Å². The van der Waals surface area contributed by atoms with Crippen molar-refractivity contribution in [2.75, 3.05) is 18.5 Å². The molecule has 11 heavy (non-hydrogen) atoms. The molecular formula is C6H10BrN3S. The molecule has 0 fully saturated rings. The second-order valence-corrected chi connectivity index (χ2v) is 4.76. The number of anilines is 1. The maximum Gasteiger partial charge on any atom is 0.207 e. The number of aromatic nitrogens is 2. The minimum Gasteiger partial charge on any atom is -0.349 e. The van der Waals surface area contributed by atoms with Crippen LogP contribution in [-0.2, 0) is 0 Å². The van der Waals surface area contributed by atoms with Crippen molar-refractivity contribution in [2.45, 2.75) is 11.8 Å². The van der Waals surface area contributed by atoms with Gasteiger partial charge in [0.15, 0.2) is 0 Å². The zero-order valence-electron chi connectivity index (χ0n) is 6.49. The van der Waals surface area contributed by atoms with Crippen LogP contribution >= 0.6 is 27.3 Å². The van der Waals surface area contributed by atoms with Crippen molar-refractivity contribution in [2.24, 2.45) is 0 Å². The normalized spacial score (nSPS) is 13.0. The van der Waals surface area contributed by atoms with E-state index >= 15 is 0 Å². The summed E-state index contributed by atoms with van der Waals surface area (Å²) >= 11 is 5.03. The highest BCUT2D eigenvalue weighted by molar-refractivity contribution is 9.09. The summed E-state index contributed by atoms with van der Waals surface area (Å²) in [5, 5.41) is 8.67. The van der Waals surface area contributed by atoms with Crippen molar-refractivity contribution in [1.82, 2.24) is 10.2 Å². The van der Waals surface area contributed by atoms with Gasteiger partial charge in [0, 0.05) is 18.4 Å². The summed E-state index contributed by atoms with van der Waals surface area (Å²) in [7, 11) is 2.01. The Morgan fingerprint density at radius 2 is 2.55 bits per heavy atom. The van der Waals surface area contributed by atoms with Crippen LogP contribution in [0.1, 0.15) is 6.92 Å². The lowest BCUT2D eigenvalue weighted by Gasteiger charge is -2.15. The summed E-state index contributed by atoms with van der Waals surface area (Å²) in [6.45, 7) is 3.06. The van der Waals surface area contributed by atoms with Gasteiger partial charge in [-0.15, -0.1) is 10.2 Å². The monoisotopic (exact) mass is 235 g/mol. The van der Waals surface area contributed by atoms with Gasteiger partial charge >= 0.3 is 0 Å². The molecule has 0 aliphatic rings. The van der Waals surface area contributed by atoms with Crippen LogP contribution in [0.25, 0.3) is 0 Å². The van der Waals surface area contributed by atoms with Gasteiger partial charge in [-0.2, -0.15) is 0 Å². The number of hydrogen-bond donors (Lipinski definition) is 0. The van der Waals surface area contributed by atoms with Gasteiger partial charge in [0.05, 0.1) is 0 Å². The van der Waals surface area contributed by atoms with E-state index in [9.17, 15) is 0 Å². The molecule has 1 heterocycles. The SMILES string of the molecule is CC(Br)CN(C)c1nncs1. The first-order valence-electron chi connectivity index (χ1n) is 3.31. The molecule has 62 valence electrons. The topological polar surface area (TPSA) is 29.0 Å². The van der Waals surface area contributed by atoms with Gasteiger partial charge in [0.1, 0.15) is 5.51 Å². The third-order valence-electron chi connectivity index (χ3n) is 1.20. The Bertz CT molecular complexity index is 200. The van der Waals surface area contributed by atoms with Crippen LogP contribution in [-0.4, -0.2) is 28.6 Å². The summed E-state index contributed by atoms with van der Waals surface area (Å²) in [5.74, 6) is 0. The van der Waals surface area contributed by atoms with Crippen molar-refractivity contribution in [3.8, 4) is 0 Å². The summed E-state index contributed by atoms with van der Waals surface area (Å²) in [6.07, 6.45) is 0. The fourth-order valence-electron chi connectivity index (χ4n) is 0.789. The molecule has 0 bridgehead atoms. The lowest BCUT2D eigenvalue weighted by Crippen LogP contribution is -2.23. The van der Waals surface area contributed by atoms with E-state index in [0.29, 0.717) is 4.83 Å². The molecule has 1 aromatic heterocycles. The Morgan fingerprint density at radius 1 is 1.82 bits per heavy atom. The number of nitrogens with zero attached hydrogens (tertiary/aromatic N) is 3. The first-order chi connectivity index (χ1) is 5.20. The number of halogens is 1. The zero-order chi connectivity index (χ0) is 8.27. The van der Waals surface area contributed by atoms with E-state index < -0.39 is 0 Å². The third kappa shape index (κ3) is 2.75. The predicted molar refractivity (Wildman–Crippen MR) is 51.6 cm³/mol. The number of rotatable bonds is 3. The molecule has 0 amide bonds. The van der Waals surface area contributed by atoms with Crippen molar-refractivity contribution >= 4 is 32.4 Å². The second kappa shape index (κ2) is 4.01. The Kier molecular flexibility index (Phi) is 3.26. The molecule has 0 aliphatic carbocycles. The van der Waals surface area contributed by atoms with E-state index in [1.807, 2.05) is 7.05 Å². The summed E-state index contributed by atoms with van der Waals surface area (Å²) in [5.41, 5.74) is 1.74. The standard InChI is InChI=1S/C6H10BrN3S/c1-5(7)3-10(2)6-9-8-4-11-6/h4-5H,3H2,1-2H3. The van der Waals surface area contributed by atoms with E-state index in [-0.39, 0.29) is 0 Å². The number of hydrogen-bond acceptors (Lipinski definition) is 4. The molecule has 3 nitrogen and oxygen atoms in total. The van der Waals surface area contributed by atoms with Gasteiger partial charge in [0.25, 0.3) is 0 Å². The Morgan fingerprint density at radius 3 is 3.00 bits per heavy atom. The van der Waals surface area contributed by atoms with Gasteiger partial charge in [-0.05, 0) is 0 Å². The van der Waals surface area contributed by atoms with E-state index in [0.717, 1.165) is 11.7 Å². The largest absolute Gasteiger partial charge is 0.349 e. The van der Waals surface area contributed by atoms with E-state index in [1.165, 1.54) is 0 Å². The Labute approximate surface area is 78.6 Å². The summed E-state index contributed by atoms with van der Waals surface area (Å²) in [6, 6.07) is 0. The molecule has 1 rings (SSSR count). The third-order valence-corrected chi connectivity index (χ3v) is 2.29. The molecule has 0 aromatic carbocycles. The highest BCUT2D eigenvalue weighted by Crippen LogP contribution is 2.14. The van der Waals surface area contributed by atoms with Crippen molar-refractivity contribution in [1.29, 1.82) is 0 Å². The fourth-order valence-corrected chi connectivity index (χ4v) is 1.76. The van der Waals surface area contributed by atoms with Crippen LogP contribution in [0.5, 0.6) is 0 Å². The minimum atomic E-state index is 0.483. The van der Waals surface area contributed by atoms with E-state index in [1.54, 1.807) is 16.8 Å². The molecule has 0 radical (unpaired) electrons. The molecule has 0 spiro atoms.